The molecule has 0 N–H and O–H groups in total. The van der Waals surface area contributed by atoms with E-state index in [0.717, 1.165) is 0 Å². The Morgan fingerprint density at radius 1 is 1.18 bits per heavy atom. The first kappa shape index (κ1) is 14.3. The molecule has 0 aromatic carbocycles. The summed E-state index contributed by atoms with van der Waals surface area (Å²) in [5, 5.41) is -0.365. The number of nitrogens with zero attached hydrogens (tertiary/aromatic N) is 2. The Morgan fingerprint density at radius 2 is 1.71 bits per heavy atom. The highest BCUT2D eigenvalue weighted by Gasteiger charge is 2.26. The molecule has 0 aromatic rings. The third kappa shape index (κ3) is 5.37. The monoisotopic (exact) mass is 262 g/mol. The molecule has 98 valence electrons. The number of piperazine rings is 1. The van der Waals surface area contributed by atoms with Crippen molar-refractivity contribution >= 4 is 22.9 Å². The summed E-state index contributed by atoms with van der Waals surface area (Å²) >= 11 is 5.31. The van der Waals surface area contributed by atoms with Crippen molar-refractivity contribution in [1.82, 2.24) is 9.80 Å². The largest absolute Gasteiger partial charge is 0.444 e. The number of hydrogen-bond donors (Lipinski definition) is 0. The first-order valence-corrected chi connectivity index (χ1v) is 6.04. The number of carbonyl (C=O) groups is 2. The zero-order valence-corrected chi connectivity index (χ0v) is 11.3. The van der Waals surface area contributed by atoms with Gasteiger partial charge in [-0.25, -0.2) is 4.79 Å². The van der Waals surface area contributed by atoms with Crippen LogP contribution in [-0.4, -0.2) is 59.5 Å². The molecule has 1 aliphatic heterocycles. The Hall–Kier alpha value is -0.810. The van der Waals surface area contributed by atoms with Crippen LogP contribution in [0.1, 0.15) is 20.8 Å². The minimum Gasteiger partial charge on any atom is -0.444 e. The lowest BCUT2D eigenvalue weighted by Crippen LogP contribution is -2.50. The van der Waals surface area contributed by atoms with Crippen LogP contribution in [-0.2, 0) is 9.53 Å². The molecule has 1 heterocycles. The normalized spacial score (nSPS) is 18.0. The topological polar surface area (TPSA) is 49.9 Å². The number of halogens is 1. The highest BCUT2D eigenvalue weighted by atomic mass is 35.5. The second kappa shape index (κ2) is 5.69. The summed E-state index contributed by atoms with van der Waals surface area (Å²) in [6.07, 6.45) is -0.297. The quantitative estimate of drug-likeness (QED) is 0.704. The zero-order valence-electron chi connectivity index (χ0n) is 10.5. The maximum atomic E-state index is 11.7. The van der Waals surface area contributed by atoms with Gasteiger partial charge in [0.05, 0.1) is 6.54 Å². The van der Waals surface area contributed by atoms with Crippen LogP contribution in [0.4, 0.5) is 4.79 Å². The van der Waals surface area contributed by atoms with E-state index >= 15 is 0 Å². The van der Waals surface area contributed by atoms with Crippen molar-refractivity contribution in [2.75, 3.05) is 32.7 Å². The summed E-state index contributed by atoms with van der Waals surface area (Å²) < 4.78 is 5.27. The molecular formula is C11H19ClN2O3. The van der Waals surface area contributed by atoms with E-state index in [1.54, 1.807) is 4.90 Å². The van der Waals surface area contributed by atoms with Gasteiger partial charge in [0.1, 0.15) is 5.60 Å². The van der Waals surface area contributed by atoms with E-state index in [0.29, 0.717) is 26.2 Å². The van der Waals surface area contributed by atoms with Crippen molar-refractivity contribution < 1.29 is 14.3 Å². The molecule has 1 fully saturated rings. The second-order valence-corrected chi connectivity index (χ2v) is 5.52. The van der Waals surface area contributed by atoms with Crippen LogP contribution in [0.25, 0.3) is 0 Å². The average Bonchev–Trinajstić information content (AvgIpc) is 2.15. The molecule has 0 aliphatic carbocycles. The number of carbonyl (C=O) groups excluding carboxylic acids is 2. The molecule has 0 spiro atoms. The summed E-state index contributed by atoms with van der Waals surface area (Å²) in [4.78, 5) is 26.0. The molecule has 17 heavy (non-hydrogen) atoms. The number of rotatable bonds is 2. The lowest BCUT2D eigenvalue weighted by Gasteiger charge is -2.34. The second-order valence-electron chi connectivity index (χ2n) is 5.10. The number of ether oxygens (including phenoxy) is 1. The van der Waals surface area contributed by atoms with Crippen LogP contribution in [0.15, 0.2) is 0 Å². The third-order valence-electron chi connectivity index (χ3n) is 2.37. The van der Waals surface area contributed by atoms with Crippen LogP contribution >= 0.6 is 11.6 Å². The van der Waals surface area contributed by atoms with Crippen molar-refractivity contribution in [1.29, 1.82) is 0 Å². The highest BCUT2D eigenvalue weighted by Crippen LogP contribution is 2.11. The minimum atomic E-state index is -0.472. The van der Waals surface area contributed by atoms with E-state index in [2.05, 4.69) is 0 Å². The first-order valence-electron chi connectivity index (χ1n) is 5.66. The van der Waals surface area contributed by atoms with E-state index in [9.17, 15) is 9.59 Å². The van der Waals surface area contributed by atoms with Gasteiger partial charge in [-0.05, 0) is 32.4 Å². The maximum Gasteiger partial charge on any atom is 0.410 e. The Kier molecular flexibility index (Phi) is 4.77. The fourth-order valence-corrected chi connectivity index (χ4v) is 1.76. The Balaban J connectivity index is 2.36. The van der Waals surface area contributed by atoms with Gasteiger partial charge in [0, 0.05) is 26.2 Å². The van der Waals surface area contributed by atoms with E-state index < -0.39 is 5.60 Å². The first-order chi connectivity index (χ1) is 7.78. The van der Waals surface area contributed by atoms with Gasteiger partial charge < -0.3 is 9.64 Å². The van der Waals surface area contributed by atoms with Gasteiger partial charge >= 0.3 is 6.09 Å². The van der Waals surface area contributed by atoms with Crippen molar-refractivity contribution in [3.8, 4) is 0 Å². The van der Waals surface area contributed by atoms with Gasteiger partial charge in [-0.2, -0.15) is 0 Å². The molecule has 0 saturated carbocycles. The molecule has 1 aliphatic rings. The SMILES string of the molecule is CC(C)(C)OC(=O)N1CCN(CC(=O)Cl)CC1. The fraction of sp³-hybridized carbons (Fsp3) is 0.818. The molecule has 1 saturated heterocycles. The van der Waals surface area contributed by atoms with Gasteiger partial charge in [0.2, 0.25) is 5.24 Å². The van der Waals surface area contributed by atoms with Gasteiger partial charge in [0.15, 0.2) is 0 Å². The van der Waals surface area contributed by atoms with Crippen molar-refractivity contribution in [3.05, 3.63) is 0 Å². The van der Waals surface area contributed by atoms with Crippen LogP contribution in [0, 0.1) is 0 Å². The molecule has 6 heteroatoms. The fourth-order valence-electron chi connectivity index (χ4n) is 1.59. The van der Waals surface area contributed by atoms with Crippen LogP contribution in [0.5, 0.6) is 0 Å². The molecular weight excluding hydrogens is 244 g/mol. The summed E-state index contributed by atoms with van der Waals surface area (Å²) in [5.41, 5.74) is -0.472. The third-order valence-corrected chi connectivity index (χ3v) is 2.49. The van der Waals surface area contributed by atoms with Crippen molar-refractivity contribution in [3.63, 3.8) is 0 Å². The summed E-state index contributed by atoms with van der Waals surface area (Å²) in [5.74, 6) is 0. The van der Waals surface area contributed by atoms with E-state index in [1.165, 1.54) is 0 Å². The lowest BCUT2D eigenvalue weighted by atomic mass is 10.2. The standard InChI is InChI=1S/C11H19ClN2O3/c1-11(2,3)17-10(16)14-6-4-13(5-7-14)8-9(12)15/h4-8H2,1-3H3. The minimum absolute atomic E-state index is 0.240. The number of amides is 1. The van der Waals surface area contributed by atoms with E-state index in [-0.39, 0.29) is 17.9 Å². The molecule has 5 nitrogen and oxygen atoms in total. The summed E-state index contributed by atoms with van der Waals surface area (Å²) in [7, 11) is 0. The predicted molar refractivity (Wildman–Crippen MR) is 65.1 cm³/mol. The van der Waals surface area contributed by atoms with E-state index in [4.69, 9.17) is 16.3 Å². The zero-order chi connectivity index (χ0) is 13.1. The lowest BCUT2D eigenvalue weighted by molar-refractivity contribution is -0.113. The maximum absolute atomic E-state index is 11.7. The predicted octanol–water partition coefficient (Wildman–Crippen LogP) is 1.30. The van der Waals surface area contributed by atoms with Crippen molar-refractivity contribution in [2.45, 2.75) is 26.4 Å². The van der Waals surface area contributed by atoms with Crippen LogP contribution in [0.2, 0.25) is 0 Å². The summed E-state index contributed by atoms with van der Waals surface area (Å²) in [6, 6.07) is 0. The van der Waals surface area contributed by atoms with Crippen LogP contribution in [0.3, 0.4) is 0 Å². The summed E-state index contributed by atoms with van der Waals surface area (Å²) in [6.45, 7) is 8.20. The highest BCUT2D eigenvalue weighted by molar-refractivity contribution is 6.64. The molecule has 0 unspecified atom stereocenters. The molecule has 1 amide bonds. The van der Waals surface area contributed by atoms with Crippen molar-refractivity contribution in [2.24, 2.45) is 0 Å². The van der Waals surface area contributed by atoms with Gasteiger partial charge in [-0.15, -0.1) is 0 Å². The smallest absolute Gasteiger partial charge is 0.410 e. The Bertz CT molecular complexity index is 294. The molecule has 0 bridgehead atoms. The van der Waals surface area contributed by atoms with Gasteiger partial charge in [0.25, 0.3) is 0 Å². The molecule has 0 radical (unpaired) electrons. The number of hydrogen-bond acceptors (Lipinski definition) is 4. The Morgan fingerprint density at radius 3 is 2.12 bits per heavy atom. The molecule has 0 aromatic heterocycles. The Labute approximate surface area is 107 Å². The van der Waals surface area contributed by atoms with Gasteiger partial charge in [-0.1, -0.05) is 0 Å². The molecule has 0 atom stereocenters. The molecule has 1 rings (SSSR count). The van der Waals surface area contributed by atoms with E-state index in [1.807, 2.05) is 25.7 Å². The van der Waals surface area contributed by atoms with Gasteiger partial charge in [-0.3, -0.25) is 9.69 Å². The average molecular weight is 263 g/mol. The van der Waals surface area contributed by atoms with Crippen LogP contribution < -0.4 is 0 Å².